The zero-order valence-electron chi connectivity index (χ0n) is 10.9. The minimum atomic E-state index is 0.437. The van der Waals surface area contributed by atoms with Gasteiger partial charge in [0.15, 0.2) is 0 Å². The van der Waals surface area contributed by atoms with Crippen molar-refractivity contribution in [3.8, 4) is 11.5 Å². The first-order valence-electron chi connectivity index (χ1n) is 6.22. The van der Waals surface area contributed by atoms with Crippen LogP contribution in [-0.4, -0.2) is 20.8 Å². The fraction of sp³-hybridized carbons (Fsp3) is 0.571. The van der Waals surface area contributed by atoms with E-state index in [1.807, 2.05) is 6.92 Å². The lowest BCUT2D eigenvalue weighted by Crippen LogP contribution is -2.26. The normalized spacial score (nSPS) is 20.1. The molecule has 94 valence electrons. The van der Waals surface area contributed by atoms with Crippen LogP contribution in [-0.2, 0) is 0 Å². The summed E-state index contributed by atoms with van der Waals surface area (Å²) in [5, 5.41) is 3.55. The number of hydrogen-bond acceptors (Lipinski definition) is 3. The number of hydrogen-bond donors (Lipinski definition) is 1. The van der Waals surface area contributed by atoms with Crippen molar-refractivity contribution >= 4 is 0 Å². The molecule has 17 heavy (non-hydrogen) atoms. The van der Waals surface area contributed by atoms with Crippen LogP contribution in [0.2, 0.25) is 0 Å². The Hall–Kier alpha value is -1.22. The van der Waals surface area contributed by atoms with Gasteiger partial charge in [0.25, 0.3) is 0 Å². The zero-order valence-corrected chi connectivity index (χ0v) is 10.9. The van der Waals surface area contributed by atoms with Gasteiger partial charge in [-0.3, -0.25) is 0 Å². The maximum absolute atomic E-state index is 5.41. The van der Waals surface area contributed by atoms with Crippen LogP contribution < -0.4 is 14.8 Å². The van der Waals surface area contributed by atoms with E-state index in [1.165, 1.54) is 24.8 Å². The molecule has 3 heteroatoms. The first kappa shape index (κ1) is 12.2. The van der Waals surface area contributed by atoms with Crippen LogP contribution in [0, 0.1) is 6.92 Å². The molecule has 1 saturated heterocycles. The molecule has 1 unspecified atom stereocenters. The second kappa shape index (κ2) is 5.41. The molecule has 1 N–H and O–H groups in total. The minimum Gasteiger partial charge on any atom is -0.496 e. The predicted molar refractivity (Wildman–Crippen MR) is 68.9 cm³/mol. The number of methoxy groups -OCH3 is 2. The monoisotopic (exact) mass is 235 g/mol. The largest absolute Gasteiger partial charge is 0.496 e. The minimum absolute atomic E-state index is 0.437. The van der Waals surface area contributed by atoms with E-state index in [9.17, 15) is 0 Å². The molecule has 1 aliphatic rings. The van der Waals surface area contributed by atoms with Gasteiger partial charge in [-0.15, -0.1) is 0 Å². The van der Waals surface area contributed by atoms with E-state index >= 15 is 0 Å². The van der Waals surface area contributed by atoms with Crippen molar-refractivity contribution in [2.24, 2.45) is 0 Å². The highest BCUT2D eigenvalue weighted by Crippen LogP contribution is 2.34. The van der Waals surface area contributed by atoms with E-state index in [4.69, 9.17) is 9.47 Å². The summed E-state index contributed by atoms with van der Waals surface area (Å²) in [4.78, 5) is 0. The Bertz CT molecular complexity index is 359. The van der Waals surface area contributed by atoms with Crippen LogP contribution in [0.5, 0.6) is 11.5 Å². The average Bonchev–Trinajstić information content (AvgIpc) is 2.40. The summed E-state index contributed by atoms with van der Waals surface area (Å²) in [6, 6.07) is 4.69. The van der Waals surface area contributed by atoms with Crippen LogP contribution in [0.15, 0.2) is 12.1 Å². The van der Waals surface area contributed by atoms with Crippen LogP contribution >= 0.6 is 0 Å². The first-order chi connectivity index (χ1) is 8.26. The SMILES string of the molecule is COc1cc(C2CCCCN2)cc(OC)c1C. The van der Waals surface area contributed by atoms with Gasteiger partial charge in [0.05, 0.1) is 14.2 Å². The molecule has 1 aliphatic heterocycles. The summed E-state index contributed by atoms with van der Waals surface area (Å²) in [5.41, 5.74) is 2.33. The zero-order chi connectivity index (χ0) is 12.3. The van der Waals surface area contributed by atoms with Crippen LogP contribution in [0.3, 0.4) is 0 Å². The van der Waals surface area contributed by atoms with Crippen molar-refractivity contribution in [2.75, 3.05) is 20.8 Å². The molecule has 1 atom stereocenters. The molecular formula is C14H21NO2. The Morgan fingerprint density at radius 2 is 1.76 bits per heavy atom. The highest BCUT2D eigenvalue weighted by Gasteiger charge is 2.18. The Kier molecular flexibility index (Phi) is 3.89. The average molecular weight is 235 g/mol. The van der Waals surface area contributed by atoms with Crippen molar-refractivity contribution in [2.45, 2.75) is 32.2 Å². The van der Waals surface area contributed by atoms with Gasteiger partial charge in [0.2, 0.25) is 0 Å². The Balaban J connectivity index is 2.33. The fourth-order valence-electron chi connectivity index (χ4n) is 2.44. The van der Waals surface area contributed by atoms with Crippen molar-refractivity contribution < 1.29 is 9.47 Å². The van der Waals surface area contributed by atoms with E-state index in [1.54, 1.807) is 14.2 Å². The lowest BCUT2D eigenvalue weighted by Gasteiger charge is -2.25. The molecule has 0 aliphatic carbocycles. The summed E-state index contributed by atoms with van der Waals surface area (Å²) in [6.45, 7) is 3.12. The topological polar surface area (TPSA) is 30.5 Å². The first-order valence-corrected chi connectivity index (χ1v) is 6.22. The molecule has 1 heterocycles. The summed E-state index contributed by atoms with van der Waals surface area (Å²) < 4.78 is 10.8. The van der Waals surface area contributed by atoms with E-state index in [-0.39, 0.29) is 0 Å². The van der Waals surface area contributed by atoms with Crippen LogP contribution in [0.25, 0.3) is 0 Å². The van der Waals surface area contributed by atoms with E-state index < -0.39 is 0 Å². The predicted octanol–water partition coefficient (Wildman–Crippen LogP) is 2.83. The third-order valence-corrected chi connectivity index (χ3v) is 3.49. The van der Waals surface area contributed by atoms with Crippen molar-refractivity contribution in [1.29, 1.82) is 0 Å². The van der Waals surface area contributed by atoms with E-state index in [0.717, 1.165) is 23.6 Å². The maximum atomic E-state index is 5.41. The lowest BCUT2D eigenvalue weighted by molar-refractivity contribution is 0.379. The van der Waals surface area contributed by atoms with Crippen LogP contribution in [0.1, 0.15) is 36.4 Å². The number of ether oxygens (including phenoxy) is 2. The van der Waals surface area contributed by atoms with Gasteiger partial charge in [-0.05, 0) is 44.0 Å². The van der Waals surface area contributed by atoms with E-state index in [2.05, 4.69) is 17.4 Å². The van der Waals surface area contributed by atoms with Gasteiger partial charge in [-0.1, -0.05) is 6.42 Å². The molecule has 0 amide bonds. The summed E-state index contributed by atoms with van der Waals surface area (Å²) in [6.07, 6.45) is 3.75. The number of nitrogens with one attached hydrogen (secondary N) is 1. The van der Waals surface area contributed by atoms with Gasteiger partial charge in [0.1, 0.15) is 11.5 Å². The third-order valence-electron chi connectivity index (χ3n) is 3.49. The van der Waals surface area contributed by atoms with Gasteiger partial charge in [-0.25, -0.2) is 0 Å². The Morgan fingerprint density at radius 1 is 1.12 bits per heavy atom. The highest BCUT2D eigenvalue weighted by molar-refractivity contribution is 5.48. The molecule has 2 rings (SSSR count). The number of benzene rings is 1. The van der Waals surface area contributed by atoms with Crippen molar-refractivity contribution in [3.05, 3.63) is 23.3 Å². The molecule has 0 saturated carbocycles. The van der Waals surface area contributed by atoms with Gasteiger partial charge in [-0.2, -0.15) is 0 Å². The van der Waals surface area contributed by atoms with Gasteiger partial charge < -0.3 is 14.8 Å². The second-order valence-electron chi connectivity index (χ2n) is 4.55. The summed E-state index contributed by atoms with van der Waals surface area (Å²) >= 11 is 0. The fourth-order valence-corrected chi connectivity index (χ4v) is 2.44. The van der Waals surface area contributed by atoms with E-state index in [0.29, 0.717) is 6.04 Å². The highest BCUT2D eigenvalue weighted by atomic mass is 16.5. The third kappa shape index (κ3) is 2.55. The molecule has 0 bridgehead atoms. The van der Waals surface area contributed by atoms with Crippen LogP contribution in [0.4, 0.5) is 0 Å². The van der Waals surface area contributed by atoms with Gasteiger partial charge >= 0.3 is 0 Å². The molecule has 1 fully saturated rings. The maximum Gasteiger partial charge on any atom is 0.125 e. The molecule has 0 aromatic heterocycles. The van der Waals surface area contributed by atoms with Gasteiger partial charge in [0, 0.05) is 11.6 Å². The molecule has 3 nitrogen and oxygen atoms in total. The molecule has 0 spiro atoms. The molecule has 1 aromatic carbocycles. The Labute approximate surface area is 103 Å². The lowest BCUT2D eigenvalue weighted by atomic mass is 9.96. The molecule has 0 radical (unpaired) electrons. The summed E-state index contributed by atoms with van der Waals surface area (Å²) in [7, 11) is 3.42. The smallest absolute Gasteiger partial charge is 0.125 e. The van der Waals surface area contributed by atoms with Crippen molar-refractivity contribution in [3.63, 3.8) is 0 Å². The summed E-state index contributed by atoms with van der Waals surface area (Å²) in [5.74, 6) is 1.82. The number of piperidine rings is 1. The molecule has 1 aromatic rings. The Morgan fingerprint density at radius 3 is 2.24 bits per heavy atom. The molecular weight excluding hydrogens is 214 g/mol. The standard InChI is InChI=1S/C14H21NO2/c1-10-13(16-2)8-11(9-14(10)17-3)12-6-4-5-7-15-12/h8-9,12,15H,4-7H2,1-3H3. The number of rotatable bonds is 3. The quantitative estimate of drug-likeness (QED) is 0.874. The van der Waals surface area contributed by atoms with Crippen molar-refractivity contribution in [1.82, 2.24) is 5.32 Å². The second-order valence-corrected chi connectivity index (χ2v) is 4.55.